The van der Waals surface area contributed by atoms with Gasteiger partial charge in [0.25, 0.3) is 5.91 Å². The number of nitrogens with zero attached hydrogens (tertiary/aromatic N) is 1. The Labute approximate surface area is 134 Å². The van der Waals surface area contributed by atoms with Gasteiger partial charge in [0, 0.05) is 12.6 Å². The van der Waals surface area contributed by atoms with Crippen molar-refractivity contribution in [1.29, 1.82) is 0 Å². The van der Waals surface area contributed by atoms with Crippen LogP contribution in [0.15, 0.2) is 12.1 Å². The first kappa shape index (κ1) is 15.8. The van der Waals surface area contributed by atoms with Crippen LogP contribution in [0.1, 0.15) is 54.4 Å². The van der Waals surface area contributed by atoms with Gasteiger partial charge in [-0.25, -0.2) is 9.18 Å². The van der Waals surface area contributed by atoms with Crippen molar-refractivity contribution in [2.45, 2.75) is 44.6 Å². The van der Waals surface area contributed by atoms with Crippen LogP contribution in [0.2, 0.25) is 0 Å². The van der Waals surface area contributed by atoms with E-state index in [0.29, 0.717) is 37.7 Å². The van der Waals surface area contributed by atoms with E-state index in [-0.39, 0.29) is 5.56 Å². The Bertz CT molecular complexity index is 642. The van der Waals surface area contributed by atoms with Crippen LogP contribution in [0.4, 0.5) is 4.39 Å². The van der Waals surface area contributed by atoms with E-state index < -0.39 is 23.7 Å². The molecular formula is C17H20FNO4. The van der Waals surface area contributed by atoms with Crippen molar-refractivity contribution in [3.8, 4) is 5.75 Å². The van der Waals surface area contributed by atoms with Gasteiger partial charge in [0.15, 0.2) is 0 Å². The van der Waals surface area contributed by atoms with Gasteiger partial charge >= 0.3 is 5.97 Å². The number of carbonyl (C=O) groups excluding carboxylic acids is 1. The zero-order chi connectivity index (χ0) is 16.6. The predicted octanol–water partition coefficient (Wildman–Crippen LogP) is 2.79. The van der Waals surface area contributed by atoms with Crippen LogP contribution >= 0.6 is 0 Å². The fraction of sp³-hybridized carbons (Fsp3) is 0.529. The molecule has 1 heterocycles. The summed E-state index contributed by atoms with van der Waals surface area (Å²) in [4.78, 5) is 25.1. The van der Waals surface area contributed by atoms with Gasteiger partial charge < -0.3 is 14.7 Å². The molecule has 5 nitrogen and oxygen atoms in total. The van der Waals surface area contributed by atoms with Gasteiger partial charge in [-0.15, -0.1) is 0 Å². The summed E-state index contributed by atoms with van der Waals surface area (Å²) in [5.74, 6) is -1.45. The molecule has 0 bridgehead atoms. The van der Waals surface area contributed by atoms with E-state index in [1.54, 1.807) is 6.07 Å². The quantitative estimate of drug-likeness (QED) is 0.905. The number of carboxylic acid groups (broad SMARTS) is 1. The predicted molar refractivity (Wildman–Crippen MR) is 81.2 cm³/mol. The minimum Gasteiger partial charge on any atom is -0.493 e. The molecule has 1 N–H and O–H groups in total. The number of hydrogen-bond donors (Lipinski definition) is 1. The van der Waals surface area contributed by atoms with Crippen LogP contribution in [0.25, 0.3) is 0 Å². The van der Waals surface area contributed by atoms with Crippen LogP contribution in [0.5, 0.6) is 5.75 Å². The molecule has 2 fully saturated rings. The summed E-state index contributed by atoms with van der Waals surface area (Å²) in [6.45, 7) is 2.61. The first-order chi connectivity index (χ1) is 11.0. The van der Waals surface area contributed by atoms with E-state index in [9.17, 15) is 19.1 Å². The van der Waals surface area contributed by atoms with Crippen molar-refractivity contribution in [3.05, 3.63) is 29.1 Å². The highest BCUT2D eigenvalue weighted by Crippen LogP contribution is 2.45. The summed E-state index contributed by atoms with van der Waals surface area (Å²) in [7, 11) is 0. The normalized spacial score (nSPS) is 20.6. The number of rotatable bonds is 5. The zero-order valence-corrected chi connectivity index (χ0v) is 13.0. The van der Waals surface area contributed by atoms with Crippen LogP contribution in [-0.2, 0) is 4.79 Å². The Balaban J connectivity index is 1.94. The molecule has 1 atom stereocenters. The Morgan fingerprint density at radius 3 is 2.70 bits per heavy atom. The smallest absolute Gasteiger partial charge is 0.326 e. The molecule has 0 aromatic heterocycles. The fourth-order valence-electron chi connectivity index (χ4n) is 3.15. The number of benzene rings is 1. The van der Waals surface area contributed by atoms with Gasteiger partial charge in [-0.3, -0.25) is 4.79 Å². The number of ether oxygens (including phenoxy) is 1. The first-order valence-corrected chi connectivity index (χ1v) is 8.03. The largest absolute Gasteiger partial charge is 0.493 e. The van der Waals surface area contributed by atoms with Crippen molar-refractivity contribution >= 4 is 11.9 Å². The van der Waals surface area contributed by atoms with Gasteiger partial charge in [-0.2, -0.15) is 0 Å². The molecule has 124 valence electrons. The summed E-state index contributed by atoms with van der Waals surface area (Å²) in [5, 5.41) is 9.21. The summed E-state index contributed by atoms with van der Waals surface area (Å²) in [5.41, 5.74) is 0.797. The maximum atomic E-state index is 14.4. The van der Waals surface area contributed by atoms with Crippen LogP contribution < -0.4 is 4.74 Å². The molecule has 6 heteroatoms. The Hall–Kier alpha value is -2.11. The molecule has 1 saturated carbocycles. The monoisotopic (exact) mass is 321 g/mol. The molecule has 3 rings (SSSR count). The number of carboxylic acids is 1. The maximum absolute atomic E-state index is 14.4. The second kappa shape index (κ2) is 6.18. The second-order valence-electron chi connectivity index (χ2n) is 6.07. The fourth-order valence-corrected chi connectivity index (χ4v) is 3.15. The van der Waals surface area contributed by atoms with Crippen molar-refractivity contribution in [2.24, 2.45) is 0 Å². The topological polar surface area (TPSA) is 66.8 Å². The van der Waals surface area contributed by atoms with Gasteiger partial charge in [0.05, 0.1) is 12.2 Å². The molecule has 1 aromatic carbocycles. The number of likely N-dealkylation sites (tertiary alicyclic amines) is 1. The SMILES string of the molecule is CCOc1cc(F)c(C(=O)N2CCCC2C(=O)O)cc1C1CC1. The highest BCUT2D eigenvalue weighted by atomic mass is 19.1. The maximum Gasteiger partial charge on any atom is 0.326 e. The standard InChI is InChI=1S/C17H20FNO4/c1-2-23-15-9-13(18)12(8-11(15)10-5-6-10)16(20)19-7-3-4-14(19)17(21)22/h8-10,14H,2-7H2,1H3,(H,21,22). The molecule has 1 aliphatic heterocycles. The van der Waals surface area contributed by atoms with Crippen LogP contribution in [0.3, 0.4) is 0 Å². The molecule has 1 aliphatic carbocycles. The summed E-state index contributed by atoms with van der Waals surface area (Å²) in [6.07, 6.45) is 3.04. The van der Waals surface area contributed by atoms with Crippen molar-refractivity contribution in [1.82, 2.24) is 4.90 Å². The summed E-state index contributed by atoms with van der Waals surface area (Å²) in [6, 6.07) is 1.95. The number of aliphatic carboxylic acids is 1. The van der Waals surface area contributed by atoms with Gasteiger partial charge in [-0.05, 0) is 50.2 Å². The second-order valence-corrected chi connectivity index (χ2v) is 6.07. The van der Waals surface area contributed by atoms with Crippen molar-refractivity contribution in [2.75, 3.05) is 13.2 Å². The highest BCUT2D eigenvalue weighted by molar-refractivity contribution is 5.97. The minimum absolute atomic E-state index is 0.0523. The third-order valence-electron chi connectivity index (χ3n) is 4.45. The van der Waals surface area contributed by atoms with Crippen molar-refractivity contribution in [3.63, 3.8) is 0 Å². The molecule has 0 spiro atoms. The number of carbonyl (C=O) groups is 2. The molecule has 1 unspecified atom stereocenters. The number of amides is 1. The number of hydrogen-bond acceptors (Lipinski definition) is 3. The third-order valence-corrected chi connectivity index (χ3v) is 4.45. The summed E-state index contributed by atoms with van der Waals surface area (Å²) < 4.78 is 19.9. The molecule has 1 amide bonds. The average molecular weight is 321 g/mol. The highest BCUT2D eigenvalue weighted by Gasteiger charge is 2.36. The zero-order valence-electron chi connectivity index (χ0n) is 13.0. The Morgan fingerprint density at radius 1 is 1.35 bits per heavy atom. The van der Waals surface area contributed by atoms with Crippen LogP contribution in [-0.4, -0.2) is 41.1 Å². The first-order valence-electron chi connectivity index (χ1n) is 8.03. The summed E-state index contributed by atoms with van der Waals surface area (Å²) >= 11 is 0. The molecular weight excluding hydrogens is 301 g/mol. The van der Waals surface area contributed by atoms with Crippen LogP contribution in [0, 0.1) is 5.82 Å². The van der Waals surface area contributed by atoms with E-state index in [1.165, 1.54) is 11.0 Å². The molecule has 2 aliphatic rings. The minimum atomic E-state index is -1.04. The molecule has 0 radical (unpaired) electrons. The van der Waals surface area contributed by atoms with E-state index in [4.69, 9.17) is 4.74 Å². The lowest BCUT2D eigenvalue weighted by Gasteiger charge is -2.22. The Morgan fingerprint density at radius 2 is 2.09 bits per heavy atom. The third kappa shape index (κ3) is 3.02. The molecule has 1 aromatic rings. The van der Waals surface area contributed by atoms with Gasteiger partial charge in [0.1, 0.15) is 17.6 Å². The van der Waals surface area contributed by atoms with E-state index in [1.807, 2.05) is 6.92 Å². The molecule has 23 heavy (non-hydrogen) atoms. The van der Waals surface area contributed by atoms with Gasteiger partial charge in [0.2, 0.25) is 0 Å². The van der Waals surface area contributed by atoms with Crippen molar-refractivity contribution < 1.29 is 23.8 Å². The lowest BCUT2D eigenvalue weighted by molar-refractivity contribution is -0.141. The average Bonchev–Trinajstić information content (AvgIpc) is 3.22. The Kier molecular flexibility index (Phi) is 4.24. The van der Waals surface area contributed by atoms with Gasteiger partial charge in [-0.1, -0.05) is 0 Å². The number of halogens is 1. The van der Waals surface area contributed by atoms with E-state index in [0.717, 1.165) is 18.4 Å². The van der Waals surface area contributed by atoms with E-state index >= 15 is 0 Å². The lowest BCUT2D eigenvalue weighted by atomic mass is 10.0. The lowest BCUT2D eigenvalue weighted by Crippen LogP contribution is -2.40. The van der Waals surface area contributed by atoms with E-state index in [2.05, 4.69) is 0 Å². The molecule has 1 saturated heterocycles.